The Morgan fingerprint density at radius 1 is 1.47 bits per heavy atom. The second-order valence-electron chi connectivity index (χ2n) is 5.21. The molecule has 0 aliphatic carbocycles. The van der Waals surface area contributed by atoms with Crippen molar-refractivity contribution in [2.45, 2.75) is 32.0 Å². The van der Waals surface area contributed by atoms with Crippen molar-refractivity contribution in [2.24, 2.45) is 0 Å². The monoisotopic (exact) mass is 264 g/mol. The van der Waals surface area contributed by atoms with E-state index in [1.807, 2.05) is 7.05 Å². The van der Waals surface area contributed by atoms with E-state index in [0.29, 0.717) is 18.7 Å². The lowest BCUT2D eigenvalue weighted by molar-refractivity contribution is -0.0104. The number of aliphatic hydroxyl groups is 1. The van der Waals surface area contributed by atoms with Crippen LogP contribution >= 0.6 is 0 Å². The molecule has 106 valence electrons. The molecule has 0 radical (unpaired) electrons. The molecule has 0 amide bonds. The molecule has 4 nitrogen and oxygen atoms in total. The van der Waals surface area contributed by atoms with E-state index in [9.17, 15) is 5.11 Å². The quantitative estimate of drug-likeness (QED) is 0.866. The van der Waals surface area contributed by atoms with Gasteiger partial charge in [-0.05, 0) is 32.5 Å². The molecule has 1 aromatic rings. The summed E-state index contributed by atoms with van der Waals surface area (Å²) in [5.74, 6) is 0. The van der Waals surface area contributed by atoms with Crippen molar-refractivity contribution in [2.75, 3.05) is 31.7 Å². The van der Waals surface area contributed by atoms with Crippen LogP contribution in [0.2, 0.25) is 0 Å². The standard InChI is InChI=1S/C15H24N2O2/c1-11-10-19-13(9-18)8-17(11)15-7-5-4-6-14(15)12(2)16-3/h4-7,11-13,16,18H,8-10H2,1-3H3. The summed E-state index contributed by atoms with van der Waals surface area (Å²) < 4.78 is 5.61. The number of ether oxygens (including phenoxy) is 1. The second kappa shape index (κ2) is 6.37. The minimum absolute atomic E-state index is 0.0764. The van der Waals surface area contributed by atoms with Crippen LogP contribution in [0.1, 0.15) is 25.5 Å². The van der Waals surface area contributed by atoms with Crippen molar-refractivity contribution in [3.05, 3.63) is 29.8 Å². The Labute approximate surface area is 115 Å². The lowest BCUT2D eigenvalue weighted by Gasteiger charge is -2.40. The fourth-order valence-electron chi connectivity index (χ4n) is 2.53. The molecule has 0 saturated carbocycles. The second-order valence-corrected chi connectivity index (χ2v) is 5.21. The molecule has 1 fully saturated rings. The lowest BCUT2D eigenvalue weighted by atomic mass is 10.0. The maximum atomic E-state index is 9.30. The molecule has 2 N–H and O–H groups in total. The molecule has 2 rings (SSSR count). The van der Waals surface area contributed by atoms with Crippen molar-refractivity contribution in [3.8, 4) is 0 Å². The number of morpholine rings is 1. The zero-order valence-corrected chi connectivity index (χ0v) is 12.0. The number of nitrogens with zero attached hydrogens (tertiary/aromatic N) is 1. The third kappa shape index (κ3) is 3.08. The number of nitrogens with one attached hydrogen (secondary N) is 1. The summed E-state index contributed by atoms with van der Waals surface area (Å²) in [6, 6.07) is 9.08. The molecule has 3 unspecified atom stereocenters. The van der Waals surface area contributed by atoms with Gasteiger partial charge in [-0.2, -0.15) is 0 Å². The zero-order valence-electron chi connectivity index (χ0n) is 12.0. The van der Waals surface area contributed by atoms with Gasteiger partial charge in [0.05, 0.1) is 19.3 Å². The largest absolute Gasteiger partial charge is 0.394 e. The number of aliphatic hydroxyl groups excluding tert-OH is 1. The number of anilines is 1. The lowest BCUT2D eigenvalue weighted by Crippen LogP contribution is -2.50. The van der Waals surface area contributed by atoms with Crippen LogP contribution in [0.4, 0.5) is 5.69 Å². The van der Waals surface area contributed by atoms with Crippen LogP contribution in [0.15, 0.2) is 24.3 Å². The molecular formula is C15H24N2O2. The van der Waals surface area contributed by atoms with Crippen LogP contribution in [0, 0.1) is 0 Å². The molecule has 0 aromatic heterocycles. The third-order valence-corrected chi connectivity index (χ3v) is 3.85. The van der Waals surface area contributed by atoms with Gasteiger partial charge in [-0.15, -0.1) is 0 Å². The maximum absolute atomic E-state index is 9.30. The molecule has 1 saturated heterocycles. The average molecular weight is 264 g/mol. The van der Waals surface area contributed by atoms with E-state index in [1.165, 1.54) is 11.3 Å². The van der Waals surface area contributed by atoms with Crippen LogP contribution in [0.3, 0.4) is 0 Å². The van der Waals surface area contributed by atoms with Gasteiger partial charge in [0.1, 0.15) is 0 Å². The van der Waals surface area contributed by atoms with Crippen LogP contribution in [0.25, 0.3) is 0 Å². The Morgan fingerprint density at radius 3 is 2.89 bits per heavy atom. The van der Waals surface area contributed by atoms with E-state index in [2.05, 4.69) is 48.3 Å². The Bertz CT molecular complexity index is 411. The Hall–Kier alpha value is -1.10. The van der Waals surface area contributed by atoms with E-state index in [0.717, 1.165) is 6.54 Å². The van der Waals surface area contributed by atoms with Gasteiger partial charge >= 0.3 is 0 Å². The normalized spacial score (nSPS) is 25.4. The molecule has 0 spiro atoms. The summed E-state index contributed by atoms with van der Waals surface area (Å²) >= 11 is 0. The summed E-state index contributed by atoms with van der Waals surface area (Å²) in [5.41, 5.74) is 2.52. The number of rotatable bonds is 4. The van der Waals surface area contributed by atoms with E-state index in [-0.39, 0.29) is 12.7 Å². The minimum Gasteiger partial charge on any atom is -0.394 e. The molecular weight excluding hydrogens is 240 g/mol. The molecule has 1 heterocycles. The van der Waals surface area contributed by atoms with Crippen LogP contribution in [0.5, 0.6) is 0 Å². The van der Waals surface area contributed by atoms with Gasteiger partial charge in [-0.1, -0.05) is 18.2 Å². The van der Waals surface area contributed by atoms with Crippen LogP contribution in [-0.2, 0) is 4.74 Å². The van der Waals surface area contributed by atoms with Gasteiger partial charge in [0.15, 0.2) is 0 Å². The predicted octanol–water partition coefficient (Wildman–Crippen LogP) is 1.55. The van der Waals surface area contributed by atoms with Gasteiger partial charge in [0.2, 0.25) is 0 Å². The van der Waals surface area contributed by atoms with Crippen molar-refractivity contribution >= 4 is 5.69 Å². The number of para-hydroxylation sites is 1. The van der Waals surface area contributed by atoms with Crippen molar-refractivity contribution in [3.63, 3.8) is 0 Å². The van der Waals surface area contributed by atoms with E-state index < -0.39 is 0 Å². The van der Waals surface area contributed by atoms with Crippen molar-refractivity contribution < 1.29 is 9.84 Å². The van der Waals surface area contributed by atoms with Gasteiger partial charge in [0.25, 0.3) is 0 Å². The van der Waals surface area contributed by atoms with E-state index in [4.69, 9.17) is 4.74 Å². The van der Waals surface area contributed by atoms with Gasteiger partial charge in [-0.25, -0.2) is 0 Å². The molecule has 19 heavy (non-hydrogen) atoms. The first-order valence-corrected chi connectivity index (χ1v) is 6.92. The highest BCUT2D eigenvalue weighted by atomic mass is 16.5. The van der Waals surface area contributed by atoms with E-state index in [1.54, 1.807) is 0 Å². The fraction of sp³-hybridized carbons (Fsp3) is 0.600. The first-order chi connectivity index (χ1) is 9.17. The molecule has 4 heteroatoms. The predicted molar refractivity (Wildman–Crippen MR) is 77.6 cm³/mol. The highest BCUT2D eigenvalue weighted by Gasteiger charge is 2.27. The first-order valence-electron chi connectivity index (χ1n) is 6.92. The molecule has 1 aliphatic rings. The SMILES string of the molecule is CNC(C)c1ccccc1N1CC(CO)OCC1C. The smallest absolute Gasteiger partial charge is 0.0981 e. The summed E-state index contributed by atoms with van der Waals surface area (Å²) in [4.78, 5) is 2.34. The Balaban J connectivity index is 2.29. The summed E-state index contributed by atoms with van der Waals surface area (Å²) in [6.07, 6.45) is -0.0888. The number of hydrogen-bond acceptors (Lipinski definition) is 4. The van der Waals surface area contributed by atoms with Crippen LogP contribution in [-0.4, -0.2) is 44.1 Å². The van der Waals surface area contributed by atoms with Gasteiger partial charge in [-0.3, -0.25) is 0 Å². The van der Waals surface area contributed by atoms with E-state index >= 15 is 0 Å². The topological polar surface area (TPSA) is 44.7 Å². The summed E-state index contributed by atoms with van der Waals surface area (Å²) in [6.45, 7) is 5.80. The Kier molecular flexibility index (Phi) is 4.80. The summed E-state index contributed by atoms with van der Waals surface area (Å²) in [5, 5.41) is 12.6. The minimum atomic E-state index is -0.0888. The van der Waals surface area contributed by atoms with Crippen molar-refractivity contribution in [1.82, 2.24) is 5.32 Å². The van der Waals surface area contributed by atoms with Crippen LogP contribution < -0.4 is 10.2 Å². The molecule has 1 aromatic carbocycles. The average Bonchev–Trinajstić information content (AvgIpc) is 2.47. The Morgan fingerprint density at radius 2 is 2.21 bits per heavy atom. The molecule has 0 bridgehead atoms. The number of benzene rings is 1. The zero-order chi connectivity index (χ0) is 13.8. The third-order valence-electron chi connectivity index (χ3n) is 3.85. The van der Waals surface area contributed by atoms with Gasteiger partial charge in [0, 0.05) is 24.3 Å². The van der Waals surface area contributed by atoms with Crippen molar-refractivity contribution in [1.29, 1.82) is 0 Å². The summed E-state index contributed by atoms with van der Waals surface area (Å²) in [7, 11) is 1.97. The maximum Gasteiger partial charge on any atom is 0.0981 e. The fourth-order valence-corrected chi connectivity index (χ4v) is 2.53. The van der Waals surface area contributed by atoms with Gasteiger partial charge < -0.3 is 20.1 Å². The molecule has 3 atom stereocenters. The highest BCUT2D eigenvalue weighted by Crippen LogP contribution is 2.29. The highest BCUT2D eigenvalue weighted by molar-refractivity contribution is 5.56. The first kappa shape index (κ1) is 14.3. The molecule has 1 aliphatic heterocycles. The number of hydrogen-bond donors (Lipinski definition) is 2.